The van der Waals surface area contributed by atoms with Gasteiger partial charge in [-0.15, -0.1) is 25.3 Å². The number of hydrogen-bond donors (Lipinski definition) is 2. The van der Waals surface area contributed by atoms with Gasteiger partial charge in [-0.25, -0.2) is 0 Å². The van der Waals surface area contributed by atoms with E-state index in [1.807, 2.05) is 12.1 Å². The number of esters is 3. The lowest BCUT2D eigenvalue weighted by atomic mass is 10.3. The number of nitrogens with zero attached hydrogens (tertiary/aromatic N) is 3. The van der Waals surface area contributed by atoms with Gasteiger partial charge in [-0.2, -0.15) is 15.8 Å². The van der Waals surface area contributed by atoms with Crippen molar-refractivity contribution in [3.05, 3.63) is 38.0 Å². The molecule has 256 valence electrons. The van der Waals surface area contributed by atoms with Crippen molar-refractivity contribution in [3.63, 3.8) is 0 Å². The molecule has 0 rings (SSSR count). The fourth-order valence-corrected chi connectivity index (χ4v) is 1.36. The third-order valence-electron chi connectivity index (χ3n) is 2.96. The second-order valence-electron chi connectivity index (χ2n) is 6.59. The Bertz CT molecular complexity index is 1190. The van der Waals surface area contributed by atoms with Crippen molar-refractivity contribution in [2.75, 3.05) is 19.8 Å². The van der Waals surface area contributed by atoms with Gasteiger partial charge >= 0.3 is 51.1 Å². The van der Waals surface area contributed by atoms with Crippen LogP contribution in [0.25, 0.3) is 0 Å². The van der Waals surface area contributed by atoms with Gasteiger partial charge < -0.3 is 24.4 Å². The molecule has 0 bridgehead atoms. The van der Waals surface area contributed by atoms with E-state index >= 15 is 0 Å². The van der Waals surface area contributed by atoms with Gasteiger partial charge in [0, 0.05) is 19.3 Å². The van der Waals surface area contributed by atoms with E-state index in [1.165, 1.54) is 18.2 Å². The largest absolute Gasteiger partial charge is 0.481 e. The normalized spacial score (nSPS) is 7.67. The highest BCUT2D eigenvalue weighted by atomic mass is 32.2. The second-order valence-corrected chi connectivity index (χ2v) is 7.40. The molecule has 21 heteroatoms. The molecule has 0 atom stereocenters. The lowest BCUT2D eigenvalue weighted by molar-refractivity contribution is -0.146. The smallest absolute Gasteiger partial charge is 0.425 e. The monoisotopic (exact) mass is 695 g/mol. The van der Waals surface area contributed by atoms with Crippen molar-refractivity contribution >= 4 is 51.1 Å². The van der Waals surface area contributed by atoms with Gasteiger partial charge in [-0.05, 0) is 0 Å². The predicted molar refractivity (Wildman–Crippen MR) is 152 cm³/mol. The zero-order valence-electron chi connectivity index (χ0n) is 24.4. The third-order valence-corrected chi connectivity index (χ3v) is 2.96. The van der Waals surface area contributed by atoms with E-state index in [9.17, 15) is 24.0 Å². The van der Waals surface area contributed by atoms with E-state index in [0.29, 0.717) is 0 Å². The number of hydrogen-bond acceptors (Lipinski definition) is 17. The fraction of sp³-hybridized carbons (Fsp3) is 0.440. The average Bonchev–Trinajstić information content (AvgIpc) is 2.97. The summed E-state index contributed by atoms with van der Waals surface area (Å²) in [6, 6.07) is 5.41. The zero-order valence-corrected chi connectivity index (χ0v) is 26.0. The molecule has 19 nitrogen and oxygen atoms in total. The van der Waals surface area contributed by atoms with Gasteiger partial charge in [0.25, 0.3) is 0 Å². The minimum atomic E-state index is -3.11. The summed E-state index contributed by atoms with van der Waals surface area (Å²) in [5, 5.41) is 40.0. The SMILES string of the molecule is C=CCOC(=O)CCC#N.C=CCOC(=O)CCC#N.C=CCOC(=O)CCC(=O)O.N#CCCC(=O)O.O=S(=O)=O.O=S(=O)=O. The van der Waals surface area contributed by atoms with Crippen molar-refractivity contribution in [2.45, 2.75) is 51.4 Å². The minimum Gasteiger partial charge on any atom is -0.481 e. The van der Waals surface area contributed by atoms with Crippen LogP contribution in [0, 0.1) is 34.0 Å². The summed E-state index contributed by atoms with van der Waals surface area (Å²) >= 11 is 0. The Balaban J connectivity index is -0.000000108. The van der Waals surface area contributed by atoms with E-state index in [-0.39, 0.29) is 83.1 Å². The molecule has 0 aromatic carbocycles. The maximum atomic E-state index is 10.6. The highest BCUT2D eigenvalue weighted by Crippen LogP contribution is 1.93. The van der Waals surface area contributed by atoms with Crippen LogP contribution in [0.15, 0.2) is 38.0 Å². The van der Waals surface area contributed by atoms with Gasteiger partial charge in [-0.1, -0.05) is 38.0 Å². The van der Waals surface area contributed by atoms with Crippen molar-refractivity contribution in [2.24, 2.45) is 0 Å². The van der Waals surface area contributed by atoms with Gasteiger partial charge in [0.1, 0.15) is 19.8 Å². The number of carboxylic acid groups (broad SMARTS) is 2. The van der Waals surface area contributed by atoms with E-state index in [2.05, 4.69) is 33.9 Å². The molecule has 0 saturated heterocycles. The summed E-state index contributed by atoms with van der Waals surface area (Å²) in [5.41, 5.74) is 0. The topological polar surface area (TPSA) is 327 Å². The first-order valence-electron chi connectivity index (χ1n) is 11.9. The molecule has 46 heavy (non-hydrogen) atoms. The lowest BCUT2D eigenvalue weighted by Crippen LogP contribution is -2.07. The van der Waals surface area contributed by atoms with Crippen LogP contribution in [0.3, 0.4) is 0 Å². The molecule has 0 radical (unpaired) electrons. The second kappa shape index (κ2) is 46.2. The Labute approximate surface area is 267 Å². The van der Waals surface area contributed by atoms with E-state index < -0.39 is 39.1 Å². The van der Waals surface area contributed by atoms with Crippen LogP contribution in [-0.2, 0) is 59.4 Å². The van der Waals surface area contributed by atoms with Crippen LogP contribution >= 0.6 is 0 Å². The third kappa shape index (κ3) is 98.2. The Morgan fingerprint density at radius 1 is 0.522 bits per heavy atom. The maximum absolute atomic E-state index is 10.6. The molecular formula is C25H33N3O16S2. The molecule has 2 N–H and O–H groups in total. The molecule has 0 aliphatic carbocycles. The van der Waals surface area contributed by atoms with Gasteiger partial charge in [-0.3, -0.25) is 24.0 Å². The number of rotatable bonds is 15. The molecule has 0 aromatic heterocycles. The summed E-state index contributed by atoms with van der Waals surface area (Å²) in [7, 11) is -6.22. The molecule has 0 aliphatic heterocycles. The summed E-state index contributed by atoms with van der Waals surface area (Å²) in [6.07, 6.45) is 4.98. The average molecular weight is 696 g/mol. The Morgan fingerprint density at radius 2 is 0.761 bits per heavy atom. The summed E-state index contributed by atoms with van der Waals surface area (Å²) < 4.78 is 64.4. The van der Waals surface area contributed by atoms with Crippen LogP contribution in [0.2, 0.25) is 0 Å². The standard InChI is InChI=1S/2C7H9NO2.C7H10O4.C4H5NO2.2O3S/c2*1-2-6-10-7(9)4-3-5-8;1-2-5-11-7(10)4-3-6(8)9;5-3-1-2-4(6)7;2*1-4(2)3/h2*2H,1,3-4,6H2;2H,1,3-5H2,(H,8,9);1-2H2,(H,6,7);;. The van der Waals surface area contributed by atoms with E-state index in [0.717, 1.165) is 0 Å². The van der Waals surface area contributed by atoms with Gasteiger partial charge in [0.2, 0.25) is 0 Å². The van der Waals surface area contributed by atoms with Crippen molar-refractivity contribution in [1.82, 2.24) is 0 Å². The number of carboxylic acids is 2. The Hall–Kier alpha value is -5.72. The van der Waals surface area contributed by atoms with Gasteiger partial charge in [0.05, 0.1) is 50.3 Å². The molecule has 0 heterocycles. The maximum Gasteiger partial charge on any atom is 0.425 e. The molecule has 0 unspecified atom stereocenters. The first kappa shape index (κ1) is 52.9. The molecule has 0 aliphatic rings. The van der Waals surface area contributed by atoms with Crippen molar-refractivity contribution in [3.8, 4) is 18.2 Å². The zero-order chi connectivity index (χ0) is 37.2. The Morgan fingerprint density at radius 3 is 0.957 bits per heavy atom. The van der Waals surface area contributed by atoms with E-state index in [1.54, 1.807) is 6.07 Å². The molecule has 0 aromatic rings. The lowest BCUT2D eigenvalue weighted by Gasteiger charge is -1.98. The van der Waals surface area contributed by atoms with Crippen LogP contribution in [0.1, 0.15) is 51.4 Å². The summed E-state index contributed by atoms with van der Waals surface area (Å²) in [5.74, 6) is -3.11. The van der Waals surface area contributed by atoms with Gasteiger partial charge in [0.15, 0.2) is 0 Å². The number of ether oxygens (including phenoxy) is 3. The van der Waals surface area contributed by atoms with Crippen molar-refractivity contribution in [1.29, 1.82) is 15.8 Å². The van der Waals surface area contributed by atoms with Crippen LogP contribution in [0.5, 0.6) is 0 Å². The minimum absolute atomic E-state index is 0.0451. The first-order chi connectivity index (χ1) is 21.5. The van der Waals surface area contributed by atoms with Crippen LogP contribution < -0.4 is 0 Å². The number of nitriles is 3. The summed E-state index contributed by atoms with van der Waals surface area (Å²) in [4.78, 5) is 51.2. The quantitative estimate of drug-likeness (QED) is 0.137. The molecule has 0 fully saturated rings. The molecule has 0 amide bonds. The van der Waals surface area contributed by atoms with Crippen molar-refractivity contribution < 1.29 is 73.6 Å². The number of aliphatic carboxylic acids is 2. The van der Waals surface area contributed by atoms with Crippen LogP contribution in [-0.4, -0.2) is 85.1 Å². The number of carbonyl (C=O) groups excluding carboxylic acids is 3. The first-order valence-corrected chi connectivity index (χ1v) is 13.9. The Kier molecular flexibility index (Phi) is 53.2. The van der Waals surface area contributed by atoms with Crippen LogP contribution in [0.4, 0.5) is 0 Å². The molecular weight excluding hydrogens is 662 g/mol. The highest BCUT2D eigenvalue weighted by Gasteiger charge is 2.04. The molecule has 0 spiro atoms. The fourth-order valence-electron chi connectivity index (χ4n) is 1.36. The summed E-state index contributed by atoms with van der Waals surface area (Å²) in [6.45, 7) is 10.7. The number of carbonyl (C=O) groups is 5. The van der Waals surface area contributed by atoms with E-state index in [4.69, 9.17) is 51.3 Å². The highest BCUT2D eigenvalue weighted by molar-refractivity contribution is 7.59. The predicted octanol–water partition coefficient (Wildman–Crippen LogP) is 0.986. The molecule has 0 saturated carbocycles.